The van der Waals surface area contributed by atoms with E-state index in [1.54, 1.807) is 0 Å². The molecule has 0 radical (unpaired) electrons. The molecule has 0 fully saturated rings. The zero-order valence-electron chi connectivity index (χ0n) is 6.28. The van der Waals surface area contributed by atoms with Crippen LogP contribution in [0.2, 0.25) is 0 Å². The highest BCUT2D eigenvalue weighted by atomic mass is 35.6. The molecule has 1 atom stereocenters. The lowest BCUT2D eigenvalue weighted by molar-refractivity contribution is -0.143. The molecule has 0 aliphatic carbocycles. The maximum absolute atomic E-state index is 10.7. The molecule has 2 N–H and O–H groups in total. The summed E-state index contributed by atoms with van der Waals surface area (Å²) in [5, 5.41) is 0. The van der Waals surface area contributed by atoms with E-state index in [0.717, 1.165) is 6.92 Å². The normalized spacial score (nSPS) is 15.2. The summed E-state index contributed by atoms with van der Waals surface area (Å²) in [6.45, 7) is 0.944. The van der Waals surface area contributed by atoms with Crippen molar-refractivity contribution in [1.29, 1.82) is 0 Å². The molecule has 0 aromatic carbocycles. The first-order chi connectivity index (χ1) is 5.55. The van der Waals surface area contributed by atoms with Gasteiger partial charge in [-0.1, -0.05) is 34.8 Å². The first-order valence-corrected chi connectivity index (χ1v) is 5.66. The number of rotatable bonds is 2. The number of alkyl halides is 3. The molecule has 0 saturated heterocycles. The van der Waals surface area contributed by atoms with Gasteiger partial charge in [0.15, 0.2) is 0 Å². The van der Waals surface area contributed by atoms with Crippen LogP contribution in [-0.4, -0.2) is 25.4 Å². The summed E-state index contributed by atoms with van der Waals surface area (Å²) in [5.41, 5.74) is 0. The topological polar surface area (TPSA) is 83.8 Å². The van der Waals surface area contributed by atoms with E-state index in [0.29, 0.717) is 0 Å². The lowest BCUT2D eigenvalue weighted by Gasteiger charge is -2.24. The van der Waals surface area contributed by atoms with Crippen molar-refractivity contribution in [1.82, 2.24) is 0 Å². The molecule has 78 valence electrons. The van der Waals surface area contributed by atoms with E-state index in [1.165, 1.54) is 0 Å². The Bertz CT molecular complexity index is 243. The number of hydrogen-bond acceptors (Lipinski definition) is 3. The number of carbonyl (C=O) groups excluding carboxylic acids is 1. The molecule has 0 heterocycles. The minimum atomic E-state index is -4.79. The minimum absolute atomic E-state index is 0.944. The smallest absolute Gasteiger partial charge is 0.370 e. The van der Waals surface area contributed by atoms with Gasteiger partial charge in [0.1, 0.15) is 0 Å². The monoisotopic (exact) mass is 270 g/mol. The van der Waals surface area contributed by atoms with Crippen molar-refractivity contribution in [2.75, 3.05) is 0 Å². The van der Waals surface area contributed by atoms with E-state index in [-0.39, 0.29) is 0 Å². The van der Waals surface area contributed by atoms with E-state index < -0.39 is 23.2 Å². The number of carbonyl (C=O) groups is 1. The van der Waals surface area contributed by atoms with Crippen LogP contribution in [0.25, 0.3) is 0 Å². The summed E-state index contributed by atoms with van der Waals surface area (Å²) in [5.74, 6) is -3.03. The van der Waals surface area contributed by atoms with Crippen molar-refractivity contribution in [2.45, 2.75) is 16.6 Å². The van der Waals surface area contributed by atoms with Crippen LogP contribution in [0.5, 0.6) is 0 Å². The van der Waals surface area contributed by atoms with Gasteiger partial charge in [-0.05, 0) is 0 Å². The van der Waals surface area contributed by atoms with Crippen LogP contribution in [0.3, 0.4) is 0 Å². The standard InChI is InChI=1S/C4H6Cl3O5P/c1-2(8)12-3(4(5,6)7)13(9,10)11/h3H,1H3,(H2,9,10,11). The summed E-state index contributed by atoms with van der Waals surface area (Å²) >= 11 is 15.6. The van der Waals surface area contributed by atoms with E-state index in [4.69, 9.17) is 44.6 Å². The molecule has 9 heteroatoms. The second-order valence-electron chi connectivity index (χ2n) is 2.09. The van der Waals surface area contributed by atoms with Gasteiger partial charge in [0, 0.05) is 6.92 Å². The Morgan fingerprint density at radius 2 is 1.85 bits per heavy atom. The Hall–Kier alpha value is 0.490. The molecule has 0 saturated carbocycles. The highest BCUT2D eigenvalue weighted by Crippen LogP contribution is 2.52. The van der Waals surface area contributed by atoms with Gasteiger partial charge in [-0.15, -0.1) is 0 Å². The zero-order chi connectivity index (χ0) is 10.9. The molecule has 0 aliphatic heterocycles. The van der Waals surface area contributed by atoms with Gasteiger partial charge in [0.25, 0.3) is 0 Å². The predicted molar refractivity (Wildman–Crippen MR) is 47.9 cm³/mol. The van der Waals surface area contributed by atoms with E-state index >= 15 is 0 Å². The lowest BCUT2D eigenvalue weighted by Crippen LogP contribution is -2.30. The largest absolute Gasteiger partial charge is 0.445 e. The molecule has 1 unspecified atom stereocenters. The van der Waals surface area contributed by atoms with Crippen LogP contribution in [-0.2, 0) is 14.1 Å². The number of ether oxygens (including phenoxy) is 1. The second kappa shape index (κ2) is 4.34. The quantitative estimate of drug-likeness (QED) is 0.451. The van der Waals surface area contributed by atoms with Crippen LogP contribution in [0.4, 0.5) is 0 Å². The van der Waals surface area contributed by atoms with Gasteiger partial charge in [0.2, 0.25) is 9.64 Å². The summed E-state index contributed by atoms with van der Waals surface area (Å²) in [6.07, 6.45) is 0. The molecule has 0 aliphatic rings. The Kier molecular flexibility index (Phi) is 4.50. The Labute approximate surface area is 89.1 Å². The molecule has 0 spiro atoms. The molecule has 0 aromatic heterocycles. The molecule has 0 amide bonds. The SMILES string of the molecule is CC(=O)OC(C(Cl)(Cl)Cl)P(=O)(O)O. The minimum Gasteiger partial charge on any atom is -0.445 e. The number of halogens is 3. The van der Waals surface area contributed by atoms with E-state index in [2.05, 4.69) is 4.74 Å². The van der Waals surface area contributed by atoms with Crippen molar-refractivity contribution in [3.8, 4) is 0 Å². The maximum Gasteiger partial charge on any atom is 0.370 e. The van der Waals surface area contributed by atoms with Crippen molar-refractivity contribution < 1.29 is 23.9 Å². The molecule has 5 nitrogen and oxygen atoms in total. The van der Waals surface area contributed by atoms with Gasteiger partial charge >= 0.3 is 13.6 Å². The molecular weight excluding hydrogens is 265 g/mol. The summed E-state index contributed by atoms with van der Waals surface area (Å²) in [7, 11) is -4.79. The molecule has 0 rings (SSSR count). The average molecular weight is 271 g/mol. The molecule has 0 bridgehead atoms. The third kappa shape index (κ3) is 5.05. The third-order valence-corrected chi connectivity index (χ3v) is 3.02. The van der Waals surface area contributed by atoms with Gasteiger partial charge in [-0.3, -0.25) is 9.36 Å². The molecular formula is C4H6Cl3O5P. The van der Waals surface area contributed by atoms with Gasteiger partial charge < -0.3 is 14.5 Å². The van der Waals surface area contributed by atoms with Crippen molar-refractivity contribution in [3.05, 3.63) is 0 Å². The Morgan fingerprint density at radius 1 is 1.46 bits per heavy atom. The highest BCUT2D eigenvalue weighted by molar-refractivity contribution is 7.53. The van der Waals surface area contributed by atoms with Gasteiger partial charge in [-0.25, -0.2) is 0 Å². The maximum atomic E-state index is 10.7. The van der Waals surface area contributed by atoms with Gasteiger partial charge in [0.05, 0.1) is 0 Å². The summed E-state index contributed by atoms with van der Waals surface area (Å²) < 4.78 is 12.5. The summed E-state index contributed by atoms with van der Waals surface area (Å²) in [6, 6.07) is 0. The summed E-state index contributed by atoms with van der Waals surface area (Å²) in [4.78, 5) is 27.7. The third-order valence-electron chi connectivity index (χ3n) is 0.863. The second-order valence-corrected chi connectivity index (χ2v) is 6.11. The van der Waals surface area contributed by atoms with Gasteiger partial charge in [-0.2, -0.15) is 0 Å². The average Bonchev–Trinajstić information content (AvgIpc) is 1.77. The van der Waals surface area contributed by atoms with Crippen molar-refractivity contribution in [3.63, 3.8) is 0 Å². The van der Waals surface area contributed by atoms with Crippen LogP contribution >= 0.6 is 42.4 Å². The number of hydrogen-bond donors (Lipinski definition) is 2. The first-order valence-electron chi connectivity index (χ1n) is 2.84. The predicted octanol–water partition coefficient (Wildman–Crippen LogP) is 1.42. The fraction of sp³-hybridized carbons (Fsp3) is 0.750. The Balaban J connectivity index is 4.79. The molecule has 0 aromatic rings. The first kappa shape index (κ1) is 13.5. The van der Waals surface area contributed by atoms with E-state index in [9.17, 15) is 9.36 Å². The zero-order valence-corrected chi connectivity index (χ0v) is 9.44. The van der Waals surface area contributed by atoms with Crippen molar-refractivity contribution >= 4 is 48.4 Å². The fourth-order valence-electron chi connectivity index (χ4n) is 0.483. The lowest BCUT2D eigenvalue weighted by atomic mass is 10.7. The fourth-order valence-corrected chi connectivity index (χ4v) is 2.43. The van der Waals surface area contributed by atoms with Crippen LogP contribution in [0.15, 0.2) is 0 Å². The Morgan fingerprint density at radius 3 is 1.92 bits per heavy atom. The van der Waals surface area contributed by atoms with Crippen LogP contribution < -0.4 is 0 Å². The highest BCUT2D eigenvalue weighted by Gasteiger charge is 2.48. The molecule has 13 heavy (non-hydrogen) atoms. The van der Waals surface area contributed by atoms with Crippen LogP contribution in [0, 0.1) is 0 Å². The van der Waals surface area contributed by atoms with Crippen LogP contribution in [0.1, 0.15) is 6.92 Å². The van der Waals surface area contributed by atoms with Crippen molar-refractivity contribution in [2.24, 2.45) is 0 Å². The number of esters is 1. The van der Waals surface area contributed by atoms with E-state index in [1.807, 2.05) is 0 Å².